The number of rotatable bonds is 2. The van der Waals surface area contributed by atoms with Crippen LogP contribution in [0.15, 0.2) is 39.9 Å². The summed E-state index contributed by atoms with van der Waals surface area (Å²) in [6.07, 6.45) is 0.684. The molecule has 124 valence electrons. The molecule has 0 radical (unpaired) electrons. The van der Waals surface area contributed by atoms with Crippen molar-refractivity contribution >= 4 is 21.6 Å². The molecule has 1 atom stereocenters. The molecule has 0 fully saturated rings. The van der Waals surface area contributed by atoms with Gasteiger partial charge in [0.05, 0.1) is 18.4 Å². The number of hydrogen-bond acceptors (Lipinski definition) is 5. The topological polar surface area (TPSA) is 63.1 Å². The normalized spacial score (nSPS) is 19.2. The molecule has 0 saturated carbocycles. The fourth-order valence-corrected chi connectivity index (χ4v) is 3.67. The van der Waals surface area contributed by atoms with Gasteiger partial charge in [0.25, 0.3) is 0 Å². The Labute approximate surface area is 148 Å². The van der Waals surface area contributed by atoms with Gasteiger partial charge < -0.3 is 20.0 Å². The Hall–Kier alpha value is -2.05. The van der Waals surface area contributed by atoms with E-state index in [2.05, 4.69) is 32.5 Å². The Bertz CT molecular complexity index is 835. The lowest BCUT2D eigenvalue weighted by Gasteiger charge is -2.23. The van der Waals surface area contributed by atoms with Gasteiger partial charge in [-0.25, -0.2) is 0 Å². The number of nitrogens with zero attached hydrogens (tertiary/aromatic N) is 1. The van der Waals surface area contributed by atoms with Crippen molar-refractivity contribution in [3.63, 3.8) is 0 Å². The molecule has 0 bridgehead atoms. The van der Waals surface area contributed by atoms with E-state index in [1.54, 1.807) is 6.07 Å². The van der Waals surface area contributed by atoms with Crippen molar-refractivity contribution in [2.75, 3.05) is 6.79 Å². The Morgan fingerprint density at radius 3 is 3.00 bits per heavy atom. The van der Waals surface area contributed by atoms with Crippen LogP contribution in [0.1, 0.15) is 34.7 Å². The van der Waals surface area contributed by atoms with Crippen LogP contribution in [0.4, 0.5) is 0 Å². The minimum absolute atomic E-state index is 0.00468. The second kappa shape index (κ2) is 6.11. The van der Waals surface area contributed by atoms with Gasteiger partial charge in [-0.2, -0.15) is 5.10 Å². The van der Waals surface area contributed by atoms with E-state index in [9.17, 15) is 5.11 Å². The summed E-state index contributed by atoms with van der Waals surface area (Å²) >= 11 is 3.55. The maximum atomic E-state index is 10.2. The molecule has 5 nitrogen and oxygen atoms in total. The first kappa shape index (κ1) is 15.5. The molecule has 0 unspecified atom stereocenters. The largest absolute Gasteiger partial charge is 0.507 e. The molecule has 6 heteroatoms. The van der Waals surface area contributed by atoms with E-state index in [0.29, 0.717) is 13.0 Å². The average molecular weight is 389 g/mol. The van der Waals surface area contributed by atoms with Crippen molar-refractivity contribution in [1.82, 2.24) is 5.43 Å². The quantitative estimate of drug-likeness (QED) is 0.821. The summed E-state index contributed by atoms with van der Waals surface area (Å²) in [7, 11) is 0. The monoisotopic (exact) mass is 388 g/mol. The van der Waals surface area contributed by atoms with Crippen LogP contribution in [0.5, 0.6) is 11.5 Å². The zero-order valence-electron chi connectivity index (χ0n) is 13.2. The maximum absolute atomic E-state index is 10.2. The van der Waals surface area contributed by atoms with Crippen LogP contribution >= 0.6 is 15.9 Å². The van der Waals surface area contributed by atoms with E-state index in [1.165, 1.54) is 0 Å². The van der Waals surface area contributed by atoms with Crippen LogP contribution in [-0.2, 0) is 11.3 Å². The van der Waals surface area contributed by atoms with Gasteiger partial charge in [0, 0.05) is 27.6 Å². The number of hydrazone groups is 1. The summed E-state index contributed by atoms with van der Waals surface area (Å²) in [5.41, 5.74) is 7.89. The zero-order valence-corrected chi connectivity index (χ0v) is 14.8. The van der Waals surface area contributed by atoms with E-state index in [1.807, 2.05) is 25.1 Å². The Kier molecular flexibility index (Phi) is 3.94. The van der Waals surface area contributed by atoms with Crippen molar-refractivity contribution in [3.8, 4) is 11.5 Å². The first-order valence-electron chi connectivity index (χ1n) is 7.77. The number of benzene rings is 2. The fraction of sp³-hybridized carbons (Fsp3) is 0.278. The van der Waals surface area contributed by atoms with Crippen molar-refractivity contribution in [1.29, 1.82) is 0 Å². The molecule has 4 rings (SSSR count). The minimum atomic E-state index is 0.00468. The second-order valence-electron chi connectivity index (χ2n) is 6.06. The van der Waals surface area contributed by atoms with Crippen molar-refractivity contribution < 1.29 is 14.6 Å². The van der Waals surface area contributed by atoms with Crippen LogP contribution in [0.2, 0.25) is 0 Å². The Balaban J connectivity index is 1.64. The van der Waals surface area contributed by atoms with Crippen LogP contribution < -0.4 is 10.2 Å². The smallest absolute Gasteiger partial charge is 0.189 e. The fourth-order valence-electron chi connectivity index (χ4n) is 3.14. The zero-order chi connectivity index (χ0) is 16.7. The summed E-state index contributed by atoms with van der Waals surface area (Å²) in [6, 6.07) is 9.72. The molecule has 2 N–H and O–H groups in total. The van der Waals surface area contributed by atoms with Crippen LogP contribution in [0.3, 0.4) is 0 Å². The van der Waals surface area contributed by atoms with Gasteiger partial charge in [-0.15, -0.1) is 0 Å². The number of phenolic OH excluding ortho intramolecular Hbond substituents is 1. The molecule has 2 aromatic carbocycles. The van der Waals surface area contributed by atoms with Crippen LogP contribution in [0, 0.1) is 6.92 Å². The van der Waals surface area contributed by atoms with E-state index < -0.39 is 0 Å². The number of hydrogen-bond donors (Lipinski definition) is 2. The van der Waals surface area contributed by atoms with E-state index in [4.69, 9.17) is 9.47 Å². The van der Waals surface area contributed by atoms with Crippen molar-refractivity contribution in [2.45, 2.75) is 26.0 Å². The SMILES string of the molecule is Cc1ccc(C2=NN[C@H](c3cc(Br)cc4c3OCOC4)C2)c(O)c1. The lowest BCUT2D eigenvalue weighted by Crippen LogP contribution is -2.17. The van der Waals surface area contributed by atoms with Gasteiger partial charge in [-0.05, 0) is 36.8 Å². The highest BCUT2D eigenvalue weighted by Gasteiger charge is 2.28. The number of aromatic hydroxyl groups is 1. The molecule has 24 heavy (non-hydrogen) atoms. The lowest BCUT2D eigenvalue weighted by molar-refractivity contribution is -0.0173. The predicted molar refractivity (Wildman–Crippen MR) is 94.3 cm³/mol. The number of nitrogens with one attached hydrogen (secondary N) is 1. The summed E-state index contributed by atoms with van der Waals surface area (Å²) < 4.78 is 12.1. The summed E-state index contributed by atoms with van der Waals surface area (Å²) in [5, 5.41) is 14.6. The lowest BCUT2D eigenvalue weighted by atomic mass is 9.96. The standard InChI is InChI=1S/C18H17BrN2O3/c1-10-2-3-13(17(22)4-10)15-7-16(21-20-15)14-6-12(19)5-11-8-23-9-24-18(11)14/h2-6,16,21-22H,7-9H2,1H3/t16-/m0/s1. The molecule has 2 aromatic rings. The average Bonchev–Trinajstić information content (AvgIpc) is 3.03. The van der Waals surface area contributed by atoms with Crippen LogP contribution in [-0.4, -0.2) is 17.6 Å². The van der Waals surface area contributed by atoms with E-state index >= 15 is 0 Å². The van der Waals surface area contributed by atoms with E-state index in [0.717, 1.165) is 38.2 Å². The van der Waals surface area contributed by atoms with Gasteiger partial charge in [-0.1, -0.05) is 22.0 Å². The maximum Gasteiger partial charge on any atom is 0.189 e. The van der Waals surface area contributed by atoms with Gasteiger partial charge in [0.15, 0.2) is 6.79 Å². The highest BCUT2D eigenvalue weighted by molar-refractivity contribution is 9.10. The number of ether oxygens (including phenoxy) is 2. The summed E-state index contributed by atoms with van der Waals surface area (Å²) in [4.78, 5) is 0. The summed E-state index contributed by atoms with van der Waals surface area (Å²) in [5.74, 6) is 1.13. The molecule has 0 spiro atoms. The second-order valence-corrected chi connectivity index (χ2v) is 6.97. The molecule has 2 aliphatic heterocycles. The summed E-state index contributed by atoms with van der Waals surface area (Å²) in [6.45, 7) is 2.76. The van der Waals surface area contributed by atoms with Crippen molar-refractivity contribution in [2.24, 2.45) is 5.10 Å². The van der Waals surface area contributed by atoms with Gasteiger partial charge in [0.1, 0.15) is 11.5 Å². The molecular weight excluding hydrogens is 372 g/mol. The Morgan fingerprint density at radius 2 is 2.17 bits per heavy atom. The number of halogens is 1. The van der Waals surface area contributed by atoms with Gasteiger partial charge in [-0.3, -0.25) is 0 Å². The highest BCUT2D eigenvalue weighted by atomic mass is 79.9. The number of fused-ring (bicyclic) bond motifs is 1. The third-order valence-electron chi connectivity index (χ3n) is 4.30. The highest BCUT2D eigenvalue weighted by Crippen LogP contribution is 2.38. The molecule has 0 aromatic heterocycles. The third-order valence-corrected chi connectivity index (χ3v) is 4.75. The molecule has 2 heterocycles. The van der Waals surface area contributed by atoms with Crippen LogP contribution in [0.25, 0.3) is 0 Å². The first-order valence-corrected chi connectivity index (χ1v) is 8.56. The first-order chi connectivity index (χ1) is 11.6. The van der Waals surface area contributed by atoms with Crippen molar-refractivity contribution in [3.05, 3.63) is 57.1 Å². The molecule has 2 aliphatic rings. The van der Waals surface area contributed by atoms with Gasteiger partial charge >= 0.3 is 0 Å². The molecule has 0 amide bonds. The minimum Gasteiger partial charge on any atom is -0.507 e. The van der Waals surface area contributed by atoms with Gasteiger partial charge in [0.2, 0.25) is 0 Å². The Morgan fingerprint density at radius 1 is 1.29 bits per heavy atom. The number of aryl methyl sites for hydroxylation is 1. The molecular formula is C18H17BrN2O3. The molecule has 0 aliphatic carbocycles. The third kappa shape index (κ3) is 2.76. The number of phenols is 1. The predicted octanol–water partition coefficient (Wildman–Crippen LogP) is 3.77. The van der Waals surface area contributed by atoms with E-state index in [-0.39, 0.29) is 18.6 Å². The molecule has 0 saturated heterocycles.